The zero-order chi connectivity index (χ0) is 14.4. The van der Waals surface area contributed by atoms with Gasteiger partial charge in [0, 0.05) is 5.92 Å². The van der Waals surface area contributed by atoms with E-state index in [2.05, 4.69) is 31.2 Å². The van der Waals surface area contributed by atoms with E-state index >= 15 is 0 Å². The number of carbonyl (C=O) groups excluding carboxylic acids is 1. The Hall–Kier alpha value is -2.09. The van der Waals surface area contributed by atoms with Crippen LogP contribution in [0.4, 0.5) is 0 Å². The van der Waals surface area contributed by atoms with Gasteiger partial charge in [-0.25, -0.2) is 0 Å². The summed E-state index contributed by atoms with van der Waals surface area (Å²) < 4.78 is 5.21. The number of rotatable bonds is 6. The molecule has 104 valence electrons. The van der Waals surface area contributed by atoms with Crippen molar-refractivity contribution >= 4 is 6.29 Å². The van der Waals surface area contributed by atoms with Crippen molar-refractivity contribution in [1.29, 1.82) is 0 Å². The number of benzene rings is 2. The molecule has 0 saturated carbocycles. The molecule has 1 unspecified atom stereocenters. The van der Waals surface area contributed by atoms with Crippen LogP contribution in [0.2, 0.25) is 0 Å². The molecule has 0 saturated heterocycles. The van der Waals surface area contributed by atoms with Gasteiger partial charge in [0.05, 0.1) is 7.11 Å². The molecule has 0 radical (unpaired) electrons. The van der Waals surface area contributed by atoms with E-state index in [0.29, 0.717) is 0 Å². The second-order valence-corrected chi connectivity index (χ2v) is 4.89. The Morgan fingerprint density at radius 1 is 1.10 bits per heavy atom. The van der Waals surface area contributed by atoms with E-state index < -0.39 is 0 Å². The molecule has 0 aliphatic carbocycles. The molecule has 2 rings (SSSR count). The van der Waals surface area contributed by atoms with E-state index in [0.717, 1.165) is 30.4 Å². The largest absolute Gasteiger partial charge is 0.497 e. The molecule has 2 heteroatoms. The van der Waals surface area contributed by atoms with E-state index in [1.807, 2.05) is 24.3 Å². The number of carbonyl (C=O) groups is 1. The van der Waals surface area contributed by atoms with Gasteiger partial charge in [0.1, 0.15) is 12.0 Å². The quantitative estimate of drug-likeness (QED) is 0.745. The van der Waals surface area contributed by atoms with Gasteiger partial charge >= 0.3 is 0 Å². The average Bonchev–Trinajstić information content (AvgIpc) is 2.53. The fraction of sp³-hybridized carbons (Fsp3) is 0.278. The van der Waals surface area contributed by atoms with Crippen LogP contribution in [-0.4, -0.2) is 13.4 Å². The van der Waals surface area contributed by atoms with Crippen molar-refractivity contribution in [3.05, 3.63) is 65.2 Å². The predicted octanol–water partition coefficient (Wildman–Crippen LogP) is 3.78. The number of methoxy groups -OCH3 is 1. The Bertz CT molecular complexity index is 558. The van der Waals surface area contributed by atoms with E-state index in [4.69, 9.17) is 4.74 Å². The summed E-state index contributed by atoms with van der Waals surface area (Å²) in [5.74, 6) is 0.660. The minimum Gasteiger partial charge on any atom is -0.497 e. The van der Waals surface area contributed by atoms with Gasteiger partial charge in [-0.15, -0.1) is 0 Å². The number of aldehydes is 1. The first kappa shape index (κ1) is 14.3. The Morgan fingerprint density at radius 2 is 1.80 bits per heavy atom. The number of hydrogen-bond acceptors (Lipinski definition) is 2. The summed E-state index contributed by atoms with van der Waals surface area (Å²) in [6, 6.07) is 16.2. The van der Waals surface area contributed by atoms with E-state index in [1.165, 1.54) is 11.1 Å². The summed E-state index contributed by atoms with van der Waals surface area (Å²) in [5.41, 5.74) is 3.50. The highest BCUT2D eigenvalue weighted by molar-refractivity contribution is 5.63. The van der Waals surface area contributed by atoms with Gasteiger partial charge < -0.3 is 9.53 Å². The van der Waals surface area contributed by atoms with Crippen LogP contribution in [0, 0.1) is 0 Å². The van der Waals surface area contributed by atoms with Crippen molar-refractivity contribution in [3.8, 4) is 5.75 Å². The van der Waals surface area contributed by atoms with Crippen molar-refractivity contribution in [2.45, 2.75) is 25.7 Å². The lowest BCUT2D eigenvalue weighted by atomic mass is 9.92. The van der Waals surface area contributed by atoms with Crippen LogP contribution in [0.1, 0.15) is 29.5 Å². The summed E-state index contributed by atoms with van der Waals surface area (Å²) >= 11 is 0. The van der Waals surface area contributed by atoms with Gasteiger partial charge in [0.25, 0.3) is 0 Å². The van der Waals surface area contributed by atoms with Crippen LogP contribution in [-0.2, 0) is 17.6 Å². The van der Waals surface area contributed by atoms with Gasteiger partial charge in [-0.1, -0.05) is 43.3 Å². The smallest absolute Gasteiger partial charge is 0.127 e. The third kappa shape index (κ3) is 3.47. The Morgan fingerprint density at radius 3 is 2.40 bits per heavy atom. The van der Waals surface area contributed by atoms with E-state index in [1.54, 1.807) is 7.11 Å². The first-order valence-electron chi connectivity index (χ1n) is 6.94. The Balaban J connectivity index is 2.16. The minimum atomic E-state index is -0.127. The molecule has 0 aliphatic rings. The molecule has 2 aromatic carbocycles. The highest BCUT2D eigenvalue weighted by Crippen LogP contribution is 2.23. The Labute approximate surface area is 120 Å². The standard InChI is InChI=1S/C18H20O2/c1-3-14-7-9-15(10-8-14)11-17(13-19)16-5-4-6-18(12-16)20-2/h4-10,12-13,17H,3,11H2,1-2H3. The van der Waals surface area contributed by atoms with Gasteiger partial charge in [0.15, 0.2) is 0 Å². The van der Waals surface area contributed by atoms with Crippen molar-refractivity contribution in [2.24, 2.45) is 0 Å². The lowest BCUT2D eigenvalue weighted by Gasteiger charge is -2.12. The first-order chi connectivity index (χ1) is 9.76. The highest BCUT2D eigenvalue weighted by Gasteiger charge is 2.12. The first-order valence-corrected chi connectivity index (χ1v) is 6.94. The van der Waals surface area contributed by atoms with Crippen LogP contribution in [0.3, 0.4) is 0 Å². The summed E-state index contributed by atoms with van der Waals surface area (Å²) in [4.78, 5) is 11.4. The van der Waals surface area contributed by atoms with Gasteiger partial charge in [-0.2, -0.15) is 0 Å². The summed E-state index contributed by atoms with van der Waals surface area (Å²) in [5, 5.41) is 0. The molecule has 0 heterocycles. The molecule has 0 fully saturated rings. The summed E-state index contributed by atoms with van der Waals surface area (Å²) in [6.07, 6.45) is 2.77. The molecular formula is C18H20O2. The third-order valence-corrected chi connectivity index (χ3v) is 3.57. The average molecular weight is 268 g/mol. The fourth-order valence-electron chi connectivity index (χ4n) is 2.28. The SMILES string of the molecule is CCc1ccc(CC(C=O)c2cccc(OC)c2)cc1. The summed E-state index contributed by atoms with van der Waals surface area (Å²) in [7, 11) is 1.64. The minimum absolute atomic E-state index is 0.127. The summed E-state index contributed by atoms with van der Waals surface area (Å²) in [6.45, 7) is 2.14. The maximum atomic E-state index is 11.4. The molecular weight excluding hydrogens is 248 g/mol. The molecule has 0 bridgehead atoms. The number of aryl methyl sites for hydroxylation is 1. The molecule has 0 aromatic heterocycles. The van der Waals surface area contributed by atoms with Gasteiger partial charge in [0.2, 0.25) is 0 Å². The molecule has 0 aliphatic heterocycles. The maximum absolute atomic E-state index is 11.4. The highest BCUT2D eigenvalue weighted by atomic mass is 16.5. The van der Waals surface area contributed by atoms with E-state index in [9.17, 15) is 4.79 Å². The molecule has 0 amide bonds. The van der Waals surface area contributed by atoms with Crippen LogP contribution in [0.25, 0.3) is 0 Å². The van der Waals surface area contributed by atoms with Gasteiger partial charge in [-0.3, -0.25) is 0 Å². The second-order valence-electron chi connectivity index (χ2n) is 4.89. The monoisotopic (exact) mass is 268 g/mol. The van der Waals surface area contributed by atoms with E-state index in [-0.39, 0.29) is 5.92 Å². The van der Waals surface area contributed by atoms with Crippen LogP contribution < -0.4 is 4.74 Å². The van der Waals surface area contributed by atoms with Crippen LogP contribution in [0.15, 0.2) is 48.5 Å². The zero-order valence-electron chi connectivity index (χ0n) is 12.0. The number of hydrogen-bond donors (Lipinski definition) is 0. The molecule has 2 nitrogen and oxygen atoms in total. The number of ether oxygens (including phenoxy) is 1. The zero-order valence-corrected chi connectivity index (χ0v) is 12.0. The van der Waals surface area contributed by atoms with Gasteiger partial charge in [-0.05, 0) is 41.7 Å². The third-order valence-electron chi connectivity index (χ3n) is 3.57. The fourth-order valence-corrected chi connectivity index (χ4v) is 2.28. The second kappa shape index (κ2) is 6.90. The lowest BCUT2D eigenvalue weighted by Crippen LogP contribution is -2.04. The molecule has 2 aromatic rings. The van der Waals surface area contributed by atoms with Crippen LogP contribution in [0.5, 0.6) is 5.75 Å². The van der Waals surface area contributed by atoms with Crippen molar-refractivity contribution in [3.63, 3.8) is 0 Å². The molecule has 1 atom stereocenters. The van der Waals surface area contributed by atoms with Crippen molar-refractivity contribution in [1.82, 2.24) is 0 Å². The Kier molecular flexibility index (Phi) is 4.94. The molecule has 0 N–H and O–H groups in total. The predicted molar refractivity (Wildman–Crippen MR) is 81.3 cm³/mol. The maximum Gasteiger partial charge on any atom is 0.127 e. The molecule has 20 heavy (non-hydrogen) atoms. The van der Waals surface area contributed by atoms with Crippen molar-refractivity contribution in [2.75, 3.05) is 7.11 Å². The topological polar surface area (TPSA) is 26.3 Å². The lowest BCUT2D eigenvalue weighted by molar-refractivity contribution is -0.109. The normalized spacial score (nSPS) is 11.9. The molecule has 0 spiro atoms. The van der Waals surface area contributed by atoms with Crippen LogP contribution >= 0.6 is 0 Å². The van der Waals surface area contributed by atoms with Crippen molar-refractivity contribution < 1.29 is 9.53 Å².